The maximum atomic E-state index is 5.42. The van der Waals surface area contributed by atoms with Crippen LogP contribution in [0, 0.1) is 0 Å². The number of nitrogens with two attached hydrogens (primary N) is 1. The quantitative estimate of drug-likeness (QED) is 0.553. The third-order valence-corrected chi connectivity index (χ3v) is 2.76. The molecule has 7 heteroatoms. The van der Waals surface area contributed by atoms with E-state index in [1.54, 1.807) is 12.3 Å². The predicted molar refractivity (Wildman–Crippen MR) is 74.5 cm³/mol. The average Bonchev–Trinajstić information content (AvgIpc) is 2.81. The van der Waals surface area contributed by atoms with Crippen LogP contribution in [0.15, 0.2) is 18.5 Å². The molecule has 4 N–H and O–H groups in total. The Balaban J connectivity index is 2.15. The number of aryl methyl sites for hydroxylation is 1. The molecular weight excluding hydrogens is 242 g/mol. The van der Waals surface area contributed by atoms with E-state index in [0.717, 1.165) is 17.5 Å². The molecule has 0 fully saturated rings. The topological polar surface area (TPSA) is 93.7 Å². The van der Waals surface area contributed by atoms with Crippen molar-refractivity contribution in [3.05, 3.63) is 30.1 Å². The summed E-state index contributed by atoms with van der Waals surface area (Å²) in [5.41, 5.74) is 2.56. The predicted octanol–water partition coefficient (Wildman–Crippen LogP) is 1.23. The Hall–Kier alpha value is -2.15. The largest absolute Gasteiger partial charge is 0.363 e. The number of hydrogen-bond donors (Lipinski definition) is 3. The Kier molecular flexibility index (Phi) is 3.96. The summed E-state index contributed by atoms with van der Waals surface area (Å²) in [7, 11) is 1.95. The second kappa shape index (κ2) is 5.66. The fraction of sp³-hybridized carbons (Fsp3) is 0.417. The van der Waals surface area contributed by atoms with Crippen molar-refractivity contribution >= 4 is 11.6 Å². The van der Waals surface area contributed by atoms with Gasteiger partial charge < -0.3 is 15.3 Å². The molecule has 0 aromatic carbocycles. The lowest BCUT2D eigenvalue weighted by Gasteiger charge is -2.11. The molecular formula is C12H19N7. The summed E-state index contributed by atoms with van der Waals surface area (Å²) in [6.45, 7) is 4.68. The first kappa shape index (κ1) is 13.3. The maximum Gasteiger partial charge on any atom is 0.145 e. The van der Waals surface area contributed by atoms with Crippen LogP contribution in [-0.2, 0) is 13.6 Å². The standard InChI is InChI=1S/C12H19N7/c1-8(2)12-16-9(6-10(17-12)18-13)15-7-11-14-4-5-19(11)3/h4-6,8H,7,13H2,1-3H3,(H2,15,16,17,18). The Labute approximate surface area is 112 Å². The van der Waals surface area contributed by atoms with Crippen LogP contribution < -0.4 is 16.6 Å². The summed E-state index contributed by atoms with van der Waals surface area (Å²) < 4.78 is 1.96. The minimum absolute atomic E-state index is 0.238. The molecule has 0 aliphatic carbocycles. The third-order valence-electron chi connectivity index (χ3n) is 2.76. The van der Waals surface area contributed by atoms with Gasteiger partial charge in [0.15, 0.2) is 0 Å². The molecule has 0 saturated heterocycles. The van der Waals surface area contributed by atoms with Gasteiger partial charge in [-0.1, -0.05) is 13.8 Å². The van der Waals surface area contributed by atoms with Crippen molar-refractivity contribution in [1.29, 1.82) is 0 Å². The molecule has 0 bridgehead atoms. The third kappa shape index (κ3) is 3.19. The second-order valence-electron chi connectivity index (χ2n) is 4.60. The summed E-state index contributed by atoms with van der Waals surface area (Å²) in [4.78, 5) is 13.0. The van der Waals surface area contributed by atoms with Crippen molar-refractivity contribution in [1.82, 2.24) is 19.5 Å². The van der Waals surface area contributed by atoms with Gasteiger partial charge in [0.25, 0.3) is 0 Å². The van der Waals surface area contributed by atoms with Gasteiger partial charge in [0.2, 0.25) is 0 Å². The number of rotatable bonds is 5. The van der Waals surface area contributed by atoms with E-state index in [2.05, 4.69) is 25.7 Å². The van der Waals surface area contributed by atoms with E-state index >= 15 is 0 Å². The zero-order valence-corrected chi connectivity index (χ0v) is 11.4. The molecule has 7 nitrogen and oxygen atoms in total. The van der Waals surface area contributed by atoms with E-state index in [1.807, 2.05) is 31.7 Å². The highest BCUT2D eigenvalue weighted by molar-refractivity contribution is 5.47. The molecule has 0 saturated carbocycles. The molecule has 19 heavy (non-hydrogen) atoms. The zero-order chi connectivity index (χ0) is 13.8. The summed E-state index contributed by atoms with van der Waals surface area (Å²) in [5, 5.41) is 3.23. The molecule has 2 heterocycles. The molecule has 0 spiro atoms. The van der Waals surface area contributed by atoms with Gasteiger partial charge in [-0.05, 0) is 0 Å². The van der Waals surface area contributed by atoms with Crippen LogP contribution in [0.1, 0.15) is 31.4 Å². The number of nitrogens with one attached hydrogen (secondary N) is 2. The molecule has 0 aliphatic rings. The molecule has 2 rings (SSSR count). The monoisotopic (exact) mass is 261 g/mol. The lowest BCUT2D eigenvalue weighted by molar-refractivity contribution is 0.770. The SMILES string of the molecule is CC(C)c1nc(NN)cc(NCc2nccn2C)n1. The van der Waals surface area contributed by atoms with Crippen molar-refractivity contribution in [2.24, 2.45) is 12.9 Å². The molecule has 0 amide bonds. The lowest BCUT2D eigenvalue weighted by atomic mass is 10.2. The van der Waals surface area contributed by atoms with Crippen molar-refractivity contribution < 1.29 is 0 Å². The lowest BCUT2D eigenvalue weighted by Crippen LogP contribution is -2.13. The number of anilines is 2. The normalized spacial score (nSPS) is 10.8. The molecule has 0 radical (unpaired) electrons. The minimum atomic E-state index is 0.238. The Morgan fingerprint density at radius 1 is 1.32 bits per heavy atom. The number of nitrogen functional groups attached to an aromatic ring is 1. The van der Waals surface area contributed by atoms with E-state index < -0.39 is 0 Å². The van der Waals surface area contributed by atoms with Gasteiger partial charge in [0.1, 0.15) is 23.3 Å². The van der Waals surface area contributed by atoms with Crippen LogP contribution in [0.3, 0.4) is 0 Å². The van der Waals surface area contributed by atoms with E-state index in [9.17, 15) is 0 Å². The van der Waals surface area contributed by atoms with E-state index in [4.69, 9.17) is 5.84 Å². The highest BCUT2D eigenvalue weighted by Gasteiger charge is 2.08. The van der Waals surface area contributed by atoms with E-state index in [-0.39, 0.29) is 5.92 Å². The van der Waals surface area contributed by atoms with Gasteiger partial charge >= 0.3 is 0 Å². The summed E-state index contributed by atoms with van der Waals surface area (Å²) in [6.07, 6.45) is 3.67. The summed E-state index contributed by atoms with van der Waals surface area (Å²) in [5.74, 6) is 8.67. The number of aromatic nitrogens is 4. The average molecular weight is 261 g/mol. The van der Waals surface area contributed by atoms with Gasteiger partial charge in [0, 0.05) is 31.4 Å². The van der Waals surface area contributed by atoms with Crippen LogP contribution in [-0.4, -0.2) is 19.5 Å². The zero-order valence-electron chi connectivity index (χ0n) is 11.4. The van der Waals surface area contributed by atoms with Crippen LogP contribution in [0.4, 0.5) is 11.6 Å². The number of hydrogen-bond acceptors (Lipinski definition) is 6. The van der Waals surface area contributed by atoms with Crippen molar-refractivity contribution in [2.75, 3.05) is 10.7 Å². The van der Waals surface area contributed by atoms with Gasteiger partial charge in [-0.3, -0.25) is 0 Å². The molecule has 2 aromatic rings. The summed E-state index contributed by atoms with van der Waals surface area (Å²) in [6, 6.07) is 1.77. The van der Waals surface area contributed by atoms with Gasteiger partial charge in [-0.25, -0.2) is 20.8 Å². The fourth-order valence-electron chi connectivity index (χ4n) is 1.63. The molecule has 102 valence electrons. The first-order valence-electron chi connectivity index (χ1n) is 6.16. The van der Waals surface area contributed by atoms with E-state index in [0.29, 0.717) is 12.4 Å². The van der Waals surface area contributed by atoms with Crippen molar-refractivity contribution in [2.45, 2.75) is 26.3 Å². The Morgan fingerprint density at radius 3 is 2.63 bits per heavy atom. The van der Waals surface area contributed by atoms with Crippen molar-refractivity contribution in [3.63, 3.8) is 0 Å². The fourth-order valence-corrected chi connectivity index (χ4v) is 1.63. The first-order valence-corrected chi connectivity index (χ1v) is 6.16. The van der Waals surface area contributed by atoms with Crippen LogP contribution >= 0.6 is 0 Å². The molecule has 0 unspecified atom stereocenters. The summed E-state index contributed by atoms with van der Waals surface area (Å²) >= 11 is 0. The number of imidazole rings is 1. The van der Waals surface area contributed by atoms with E-state index in [1.165, 1.54) is 0 Å². The minimum Gasteiger partial charge on any atom is -0.363 e. The van der Waals surface area contributed by atoms with Gasteiger partial charge in [-0.15, -0.1) is 0 Å². The first-order chi connectivity index (χ1) is 9.10. The second-order valence-corrected chi connectivity index (χ2v) is 4.60. The van der Waals surface area contributed by atoms with Crippen LogP contribution in [0.25, 0.3) is 0 Å². The molecule has 0 atom stereocenters. The van der Waals surface area contributed by atoms with Gasteiger partial charge in [-0.2, -0.15) is 0 Å². The van der Waals surface area contributed by atoms with Gasteiger partial charge in [0.05, 0.1) is 6.54 Å². The number of nitrogens with zero attached hydrogens (tertiary/aromatic N) is 4. The van der Waals surface area contributed by atoms with Crippen LogP contribution in [0.5, 0.6) is 0 Å². The molecule has 2 aromatic heterocycles. The van der Waals surface area contributed by atoms with Crippen LogP contribution in [0.2, 0.25) is 0 Å². The number of hydrazine groups is 1. The van der Waals surface area contributed by atoms with Crippen molar-refractivity contribution in [3.8, 4) is 0 Å². The smallest absolute Gasteiger partial charge is 0.145 e. The highest BCUT2D eigenvalue weighted by Crippen LogP contribution is 2.16. The Morgan fingerprint density at radius 2 is 2.05 bits per heavy atom. The molecule has 0 aliphatic heterocycles. The maximum absolute atomic E-state index is 5.42. The highest BCUT2D eigenvalue weighted by atomic mass is 15.3. The Bertz CT molecular complexity index is 547.